The van der Waals surface area contributed by atoms with Crippen molar-refractivity contribution < 1.29 is 28.5 Å². The lowest BCUT2D eigenvalue weighted by Crippen LogP contribution is -2.21. The molecule has 0 heterocycles. The van der Waals surface area contributed by atoms with Gasteiger partial charge in [0.2, 0.25) is 0 Å². The van der Waals surface area contributed by atoms with Gasteiger partial charge in [-0.2, -0.15) is 0 Å². The predicted octanol–water partition coefficient (Wildman–Crippen LogP) is 4.08. The molecule has 0 atom stereocenters. The highest BCUT2D eigenvalue weighted by atomic mass is 16.5. The third-order valence-corrected chi connectivity index (χ3v) is 4.34. The number of ether oxygens (including phenoxy) is 4. The summed E-state index contributed by atoms with van der Waals surface area (Å²) >= 11 is 0. The van der Waals surface area contributed by atoms with Gasteiger partial charge in [-0.25, -0.2) is 4.79 Å². The summed E-state index contributed by atoms with van der Waals surface area (Å²) in [4.78, 5) is 24.5. The molecule has 0 radical (unpaired) electrons. The molecule has 31 heavy (non-hydrogen) atoms. The Morgan fingerprint density at radius 2 is 1.58 bits per heavy atom. The summed E-state index contributed by atoms with van der Waals surface area (Å²) in [6, 6.07) is 21.6. The molecule has 0 aromatic heterocycles. The molecule has 0 spiro atoms. The van der Waals surface area contributed by atoms with Gasteiger partial charge in [-0.3, -0.25) is 4.79 Å². The summed E-state index contributed by atoms with van der Waals surface area (Å²) in [6.45, 7) is 0.0156. The highest BCUT2D eigenvalue weighted by molar-refractivity contribution is 5.97. The minimum Gasteiger partial charge on any atom is -0.493 e. The highest BCUT2D eigenvalue weighted by Crippen LogP contribution is 2.31. The van der Waals surface area contributed by atoms with Crippen LogP contribution in [0.2, 0.25) is 0 Å². The first-order valence-corrected chi connectivity index (χ1v) is 9.55. The van der Waals surface area contributed by atoms with Gasteiger partial charge in [-0.15, -0.1) is 0 Å². The zero-order valence-corrected chi connectivity index (χ0v) is 17.3. The molecule has 1 amide bonds. The van der Waals surface area contributed by atoms with E-state index in [2.05, 4.69) is 5.32 Å². The van der Waals surface area contributed by atoms with Gasteiger partial charge in [0.05, 0.1) is 14.2 Å². The third kappa shape index (κ3) is 5.99. The minimum atomic E-state index is -0.685. The molecular weight excluding hydrogens is 398 g/mol. The first-order chi connectivity index (χ1) is 15.1. The number of hydrogen-bond acceptors (Lipinski definition) is 6. The van der Waals surface area contributed by atoms with Gasteiger partial charge in [0, 0.05) is 5.69 Å². The van der Waals surface area contributed by atoms with Crippen LogP contribution in [0, 0.1) is 0 Å². The molecule has 0 bridgehead atoms. The molecule has 160 valence electrons. The maximum Gasteiger partial charge on any atom is 0.342 e. The molecule has 0 saturated carbocycles. The molecule has 7 nitrogen and oxygen atoms in total. The van der Waals surface area contributed by atoms with Gasteiger partial charge in [0.15, 0.2) is 18.1 Å². The Morgan fingerprint density at radius 3 is 2.26 bits per heavy atom. The lowest BCUT2D eigenvalue weighted by molar-refractivity contribution is -0.119. The molecule has 1 N–H and O–H groups in total. The fourth-order valence-corrected chi connectivity index (χ4v) is 2.83. The Balaban J connectivity index is 1.50. The Bertz CT molecular complexity index is 1020. The van der Waals surface area contributed by atoms with Gasteiger partial charge in [0.1, 0.15) is 17.9 Å². The Kier molecular flexibility index (Phi) is 7.48. The van der Waals surface area contributed by atoms with Crippen LogP contribution in [0.1, 0.15) is 15.9 Å². The molecule has 3 aromatic carbocycles. The number of rotatable bonds is 9. The van der Waals surface area contributed by atoms with Crippen molar-refractivity contribution >= 4 is 17.6 Å². The molecule has 0 aliphatic heterocycles. The summed E-state index contributed by atoms with van der Waals surface area (Å²) < 4.78 is 21.2. The number of esters is 1. The zero-order valence-electron chi connectivity index (χ0n) is 17.3. The molecule has 0 aliphatic rings. The van der Waals surface area contributed by atoms with E-state index in [4.69, 9.17) is 18.9 Å². The van der Waals surface area contributed by atoms with Gasteiger partial charge in [-0.1, -0.05) is 36.4 Å². The van der Waals surface area contributed by atoms with E-state index in [9.17, 15) is 9.59 Å². The Morgan fingerprint density at radius 1 is 0.839 bits per heavy atom. The van der Waals surface area contributed by atoms with E-state index in [0.717, 1.165) is 5.56 Å². The minimum absolute atomic E-state index is 0.176. The maximum atomic E-state index is 12.3. The Hall–Kier alpha value is -4.00. The van der Waals surface area contributed by atoms with Crippen molar-refractivity contribution in [3.63, 3.8) is 0 Å². The van der Waals surface area contributed by atoms with E-state index in [1.807, 2.05) is 30.3 Å². The first-order valence-electron chi connectivity index (χ1n) is 9.55. The number of hydrogen-bond donors (Lipinski definition) is 1. The van der Waals surface area contributed by atoms with Gasteiger partial charge < -0.3 is 24.3 Å². The van der Waals surface area contributed by atoms with E-state index in [0.29, 0.717) is 23.8 Å². The van der Waals surface area contributed by atoms with Crippen molar-refractivity contribution in [2.75, 3.05) is 26.1 Å². The molecule has 0 unspecified atom stereocenters. The number of nitrogens with one attached hydrogen (secondary N) is 1. The fraction of sp³-hybridized carbons (Fsp3) is 0.167. The molecule has 3 aromatic rings. The van der Waals surface area contributed by atoms with Crippen molar-refractivity contribution in [3.8, 4) is 17.2 Å². The van der Waals surface area contributed by atoms with Gasteiger partial charge in [-0.05, 0) is 42.0 Å². The lowest BCUT2D eigenvalue weighted by atomic mass is 10.2. The van der Waals surface area contributed by atoms with Gasteiger partial charge >= 0.3 is 5.97 Å². The second kappa shape index (κ2) is 10.7. The van der Waals surface area contributed by atoms with Crippen LogP contribution in [0.3, 0.4) is 0 Å². The third-order valence-electron chi connectivity index (χ3n) is 4.34. The number of carbonyl (C=O) groups excluding carboxylic acids is 2. The maximum absolute atomic E-state index is 12.3. The van der Waals surface area contributed by atoms with E-state index in [-0.39, 0.29) is 11.3 Å². The lowest BCUT2D eigenvalue weighted by Gasteiger charge is -2.12. The quantitative estimate of drug-likeness (QED) is 0.524. The van der Waals surface area contributed by atoms with Crippen LogP contribution >= 0.6 is 0 Å². The van der Waals surface area contributed by atoms with Crippen molar-refractivity contribution in [2.24, 2.45) is 0 Å². The van der Waals surface area contributed by atoms with Crippen molar-refractivity contribution in [2.45, 2.75) is 6.61 Å². The number of benzene rings is 3. The smallest absolute Gasteiger partial charge is 0.342 e. The molecule has 7 heteroatoms. The zero-order chi connectivity index (χ0) is 22.1. The van der Waals surface area contributed by atoms with E-state index < -0.39 is 18.5 Å². The van der Waals surface area contributed by atoms with Crippen LogP contribution in [0.25, 0.3) is 0 Å². The summed E-state index contributed by atoms with van der Waals surface area (Å²) in [6.07, 6.45) is 0. The second-order valence-electron chi connectivity index (χ2n) is 6.46. The van der Waals surface area contributed by atoms with Crippen molar-refractivity contribution in [1.29, 1.82) is 0 Å². The molecular formula is C24H23NO6. The van der Waals surface area contributed by atoms with Crippen LogP contribution in [0.5, 0.6) is 17.2 Å². The van der Waals surface area contributed by atoms with E-state index >= 15 is 0 Å². The summed E-state index contributed by atoms with van der Waals surface area (Å²) in [5.74, 6) is 0.180. The van der Waals surface area contributed by atoms with E-state index in [1.165, 1.54) is 20.3 Å². The highest BCUT2D eigenvalue weighted by Gasteiger charge is 2.18. The molecule has 0 saturated heterocycles. The monoisotopic (exact) mass is 421 g/mol. The van der Waals surface area contributed by atoms with Crippen LogP contribution in [-0.4, -0.2) is 32.7 Å². The van der Waals surface area contributed by atoms with Crippen LogP contribution < -0.4 is 19.5 Å². The summed E-state index contributed by atoms with van der Waals surface area (Å²) in [5.41, 5.74) is 1.80. The molecule has 0 aliphatic carbocycles. The number of amides is 1. The summed E-state index contributed by atoms with van der Waals surface area (Å²) in [5, 5.41) is 2.67. The molecule has 0 fully saturated rings. The summed E-state index contributed by atoms with van der Waals surface area (Å²) in [7, 11) is 2.90. The normalized spacial score (nSPS) is 10.1. The number of para-hydroxylation sites is 1. The van der Waals surface area contributed by atoms with Crippen molar-refractivity contribution in [3.05, 3.63) is 83.9 Å². The first kappa shape index (κ1) is 21.7. The van der Waals surface area contributed by atoms with Crippen LogP contribution in [0.15, 0.2) is 72.8 Å². The average Bonchev–Trinajstić information content (AvgIpc) is 2.82. The van der Waals surface area contributed by atoms with Crippen LogP contribution in [-0.2, 0) is 16.1 Å². The number of carbonyl (C=O) groups is 2. The standard InChI is InChI=1S/C24H23NO6/c1-28-21-10-6-9-20(23(21)29-2)24(27)31-16-22(26)25-18-11-13-19(14-12-18)30-15-17-7-4-3-5-8-17/h3-14H,15-16H2,1-2H3,(H,25,26). The average molecular weight is 421 g/mol. The van der Waals surface area contributed by atoms with Crippen molar-refractivity contribution in [1.82, 2.24) is 0 Å². The topological polar surface area (TPSA) is 83.1 Å². The van der Waals surface area contributed by atoms with E-state index in [1.54, 1.807) is 36.4 Å². The number of anilines is 1. The van der Waals surface area contributed by atoms with Crippen LogP contribution in [0.4, 0.5) is 5.69 Å². The Labute approximate surface area is 180 Å². The van der Waals surface area contributed by atoms with Gasteiger partial charge in [0.25, 0.3) is 5.91 Å². The largest absolute Gasteiger partial charge is 0.493 e. The number of methoxy groups -OCH3 is 2. The predicted molar refractivity (Wildman–Crippen MR) is 116 cm³/mol. The fourth-order valence-electron chi connectivity index (χ4n) is 2.83. The molecule has 3 rings (SSSR count). The SMILES string of the molecule is COc1cccc(C(=O)OCC(=O)Nc2ccc(OCc3ccccc3)cc2)c1OC. The second-order valence-corrected chi connectivity index (χ2v) is 6.46.